The highest BCUT2D eigenvalue weighted by Gasteiger charge is 2.08. The van der Waals surface area contributed by atoms with Crippen LogP contribution in [-0.2, 0) is 0 Å². The molecule has 0 N–H and O–H groups in total. The number of hydrogen-bond acceptors (Lipinski definition) is 3. The average molecular weight is 302 g/mol. The predicted octanol–water partition coefficient (Wildman–Crippen LogP) is 4.49. The lowest BCUT2D eigenvalue weighted by Gasteiger charge is -2.06. The Balaban J connectivity index is 1.83. The summed E-state index contributed by atoms with van der Waals surface area (Å²) >= 11 is 0. The van der Waals surface area contributed by atoms with Crippen LogP contribution in [0.5, 0.6) is 0 Å². The van der Waals surface area contributed by atoms with Crippen LogP contribution in [0.15, 0.2) is 71.8 Å². The molecule has 0 spiro atoms. The molecule has 0 fully saturated rings. The van der Waals surface area contributed by atoms with E-state index in [1.54, 1.807) is 25.8 Å². The first-order chi connectivity index (χ1) is 11.2. The maximum Gasteiger partial charge on any atom is 0.159 e. The number of carbonyl (C=O) groups excluding carboxylic acids is 1. The summed E-state index contributed by atoms with van der Waals surface area (Å²) in [5.41, 5.74) is 5.73. The summed E-state index contributed by atoms with van der Waals surface area (Å²) in [6.45, 7) is 1.57. The van der Waals surface area contributed by atoms with Crippen LogP contribution in [0, 0.1) is 0 Å². The molecule has 2 heterocycles. The number of Topliss-reactive ketones (excluding diaryl/α,β-unsaturated/α-hetero) is 1. The Bertz CT molecular complexity index is 980. The van der Waals surface area contributed by atoms with Crippen LogP contribution in [0.3, 0.4) is 0 Å². The third-order valence-corrected chi connectivity index (χ3v) is 3.95. The van der Waals surface area contributed by atoms with Gasteiger partial charge in [0.15, 0.2) is 5.78 Å². The maximum atomic E-state index is 11.4. The van der Waals surface area contributed by atoms with E-state index in [9.17, 15) is 4.79 Å². The van der Waals surface area contributed by atoms with E-state index in [0.717, 1.165) is 27.8 Å². The Morgan fingerprint density at radius 1 is 1.04 bits per heavy atom. The number of furan rings is 1. The number of aromatic nitrogens is 2. The van der Waals surface area contributed by atoms with Crippen LogP contribution in [-0.4, -0.2) is 15.3 Å². The largest absolute Gasteiger partial charge is 0.472 e. The maximum absolute atomic E-state index is 11.4. The van der Waals surface area contributed by atoms with Gasteiger partial charge in [-0.05, 0) is 55.0 Å². The van der Waals surface area contributed by atoms with Crippen molar-refractivity contribution in [1.82, 2.24) is 9.55 Å². The molecule has 0 unspecified atom stereocenters. The molecule has 112 valence electrons. The molecule has 4 heteroatoms. The number of carbonyl (C=O) groups is 1. The van der Waals surface area contributed by atoms with E-state index in [1.807, 2.05) is 47.0 Å². The highest BCUT2D eigenvalue weighted by molar-refractivity contribution is 5.94. The van der Waals surface area contributed by atoms with Gasteiger partial charge in [-0.1, -0.05) is 6.07 Å². The van der Waals surface area contributed by atoms with Crippen molar-refractivity contribution in [3.05, 3.63) is 72.9 Å². The summed E-state index contributed by atoms with van der Waals surface area (Å²) in [6, 6.07) is 15.6. The molecule has 0 aliphatic heterocycles. The zero-order chi connectivity index (χ0) is 15.8. The van der Waals surface area contributed by atoms with Gasteiger partial charge in [0.2, 0.25) is 0 Å². The van der Waals surface area contributed by atoms with Crippen molar-refractivity contribution < 1.29 is 9.21 Å². The van der Waals surface area contributed by atoms with Crippen molar-refractivity contribution in [2.75, 3.05) is 0 Å². The number of rotatable bonds is 3. The quantitative estimate of drug-likeness (QED) is 0.524. The number of ketones is 1. The van der Waals surface area contributed by atoms with Crippen molar-refractivity contribution >= 4 is 16.8 Å². The third-order valence-electron chi connectivity index (χ3n) is 3.95. The summed E-state index contributed by atoms with van der Waals surface area (Å²) in [5.74, 6) is 0.0642. The second-order valence-electron chi connectivity index (χ2n) is 5.43. The summed E-state index contributed by atoms with van der Waals surface area (Å²) in [4.78, 5) is 15.9. The molecule has 0 saturated heterocycles. The van der Waals surface area contributed by atoms with Crippen molar-refractivity contribution in [2.45, 2.75) is 6.92 Å². The van der Waals surface area contributed by atoms with Crippen molar-refractivity contribution in [1.29, 1.82) is 0 Å². The van der Waals surface area contributed by atoms with E-state index in [0.29, 0.717) is 5.56 Å². The fourth-order valence-corrected chi connectivity index (χ4v) is 2.68. The molecule has 4 nitrogen and oxygen atoms in total. The van der Waals surface area contributed by atoms with Gasteiger partial charge in [-0.3, -0.25) is 9.36 Å². The van der Waals surface area contributed by atoms with E-state index in [-0.39, 0.29) is 5.78 Å². The number of hydrogen-bond donors (Lipinski definition) is 0. The second kappa shape index (κ2) is 5.25. The van der Waals surface area contributed by atoms with Gasteiger partial charge in [-0.15, -0.1) is 0 Å². The topological polar surface area (TPSA) is 48.0 Å². The van der Waals surface area contributed by atoms with Gasteiger partial charge in [-0.25, -0.2) is 4.98 Å². The molecule has 0 aliphatic carbocycles. The van der Waals surface area contributed by atoms with E-state index >= 15 is 0 Å². The van der Waals surface area contributed by atoms with Crippen LogP contribution in [0.1, 0.15) is 17.3 Å². The lowest BCUT2D eigenvalue weighted by atomic mass is 10.1. The van der Waals surface area contributed by atoms with Crippen molar-refractivity contribution in [3.8, 4) is 16.8 Å². The molecule has 0 aliphatic rings. The minimum atomic E-state index is 0.0642. The van der Waals surface area contributed by atoms with E-state index < -0.39 is 0 Å². The molecular weight excluding hydrogens is 288 g/mol. The monoisotopic (exact) mass is 302 g/mol. The molecule has 0 amide bonds. The van der Waals surface area contributed by atoms with Gasteiger partial charge in [0.05, 0.1) is 23.6 Å². The fourth-order valence-electron chi connectivity index (χ4n) is 2.68. The summed E-state index contributed by atoms with van der Waals surface area (Å²) in [7, 11) is 0. The zero-order valence-electron chi connectivity index (χ0n) is 12.6. The molecular formula is C19H14N2O2. The minimum Gasteiger partial charge on any atom is -0.472 e. The molecule has 2 aromatic heterocycles. The molecule has 4 rings (SSSR count). The lowest BCUT2D eigenvalue weighted by Crippen LogP contribution is -1.95. The smallest absolute Gasteiger partial charge is 0.159 e. The highest BCUT2D eigenvalue weighted by atomic mass is 16.3. The van der Waals surface area contributed by atoms with Crippen molar-refractivity contribution in [3.63, 3.8) is 0 Å². The van der Waals surface area contributed by atoms with Gasteiger partial charge in [0.1, 0.15) is 6.33 Å². The standard InChI is InChI=1S/C19H14N2O2/c1-13(22)14-2-5-17(6-3-14)21-12-20-18-7-4-15(10-19(18)21)16-8-9-23-11-16/h2-12H,1H3. The fraction of sp³-hybridized carbons (Fsp3) is 0.0526. The molecule has 0 bridgehead atoms. The molecule has 2 aromatic carbocycles. The Morgan fingerprint density at radius 3 is 2.57 bits per heavy atom. The Hall–Kier alpha value is -3.14. The molecule has 23 heavy (non-hydrogen) atoms. The number of benzene rings is 2. The van der Waals surface area contributed by atoms with Gasteiger partial charge < -0.3 is 4.42 Å². The van der Waals surface area contributed by atoms with Crippen molar-refractivity contribution in [2.24, 2.45) is 0 Å². The van der Waals surface area contributed by atoms with Gasteiger partial charge >= 0.3 is 0 Å². The van der Waals surface area contributed by atoms with E-state index in [4.69, 9.17) is 4.42 Å². The molecule has 4 aromatic rings. The van der Waals surface area contributed by atoms with Crippen LogP contribution in [0.2, 0.25) is 0 Å². The first-order valence-electron chi connectivity index (χ1n) is 7.33. The third kappa shape index (κ3) is 2.34. The summed E-state index contributed by atoms with van der Waals surface area (Å²) in [5, 5.41) is 0. The summed E-state index contributed by atoms with van der Waals surface area (Å²) in [6.07, 6.45) is 5.19. The predicted molar refractivity (Wildman–Crippen MR) is 88.8 cm³/mol. The Kier molecular flexibility index (Phi) is 3.08. The average Bonchev–Trinajstić information content (AvgIpc) is 3.24. The van der Waals surface area contributed by atoms with Crippen LogP contribution in [0.4, 0.5) is 0 Å². The number of nitrogens with zero attached hydrogens (tertiary/aromatic N) is 2. The van der Waals surface area contributed by atoms with Crippen LogP contribution >= 0.6 is 0 Å². The molecule has 0 saturated carbocycles. The SMILES string of the molecule is CC(=O)c1ccc(-n2cnc3ccc(-c4ccoc4)cc32)cc1. The normalized spacial score (nSPS) is 11.0. The van der Waals surface area contributed by atoms with Gasteiger partial charge in [-0.2, -0.15) is 0 Å². The Labute approximate surface area is 133 Å². The van der Waals surface area contributed by atoms with Gasteiger partial charge in [0.25, 0.3) is 0 Å². The molecule has 0 atom stereocenters. The van der Waals surface area contributed by atoms with Crippen LogP contribution < -0.4 is 0 Å². The number of fused-ring (bicyclic) bond motifs is 1. The first kappa shape index (κ1) is 13.5. The lowest BCUT2D eigenvalue weighted by molar-refractivity contribution is 0.101. The zero-order valence-corrected chi connectivity index (χ0v) is 12.6. The minimum absolute atomic E-state index is 0.0642. The van der Waals surface area contributed by atoms with Gasteiger partial charge in [0, 0.05) is 16.8 Å². The highest BCUT2D eigenvalue weighted by Crippen LogP contribution is 2.26. The molecule has 0 radical (unpaired) electrons. The summed E-state index contributed by atoms with van der Waals surface area (Å²) < 4.78 is 7.18. The second-order valence-corrected chi connectivity index (χ2v) is 5.43. The van der Waals surface area contributed by atoms with E-state index in [2.05, 4.69) is 11.1 Å². The number of imidazole rings is 1. The van der Waals surface area contributed by atoms with E-state index in [1.165, 1.54) is 0 Å². The van der Waals surface area contributed by atoms with Crippen LogP contribution in [0.25, 0.3) is 27.8 Å². The Morgan fingerprint density at radius 2 is 1.87 bits per heavy atom. The first-order valence-corrected chi connectivity index (χ1v) is 7.33.